The van der Waals surface area contributed by atoms with Crippen molar-refractivity contribution in [3.8, 4) is 0 Å². The minimum atomic E-state index is -4.95. The molecule has 0 saturated carbocycles. The second-order valence-electron chi connectivity index (χ2n) is 8.56. The Hall–Kier alpha value is -2.77. The van der Waals surface area contributed by atoms with Gasteiger partial charge in [0.05, 0.1) is 6.04 Å². The molecular formula is C21H30FN3O8S. The summed E-state index contributed by atoms with van der Waals surface area (Å²) in [7, 11) is -4.95. The standard InChI is InChI=1S/C21H30FN3O8S/c1-12(2)9-16(25-21(29)33-11-13-3-5-15(22)6-4-13)19(27)24-17(20(28)34(30,31)32)10-14-7-8-23-18(14)26/h3-6,12,14,16-17,20,28H,7-11H2,1-2H3,(H,23,26)(H,24,27)(H,25,29)(H,30,31,32)/t14-,16?,17?,20?/m0/s1. The highest BCUT2D eigenvalue weighted by Gasteiger charge is 2.37. The highest BCUT2D eigenvalue weighted by Crippen LogP contribution is 2.20. The van der Waals surface area contributed by atoms with Gasteiger partial charge in [-0.05, 0) is 42.9 Å². The number of rotatable bonds is 11. The molecule has 1 saturated heterocycles. The van der Waals surface area contributed by atoms with Crippen molar-refractivity contribution >= 4 is 28.0 Å². The number of benzene rings is 1. The van der Waals surface area contributed by atoms with Crippen LogP contribution in [0.5, 0.6) is 0 Å². The van der Waals surface area contributed by atoms with Crippen LogP contribution in [0.4, 0.5) is 9.18 Å². The van der Waals surface area contributed by atoms with E-state index in [1.807, 2.05) is 0 Å². The topological polar surface area (TPSA) is 171 Å². The largest absolute Gasteiger partial charge is 0.445 e. The van der Waals surface area contributed by atoms with Gasteiger partial charge in [0.25, 0.3) is 10.1 Å². The lowest BCUT2D eigenvalue weighted by Crippen LogP contribution is -2.54. The summed E-state index contributed by atoms with van der Waals surface area (Å²) in [4.78, 5) is 37.1. The minimum absolute atomic E-state index is 0.0706. The van der Waals surface area contributed by atoms with Crippen LogP contribution in [0.1, 0.15) is 38.7 Å². The average molecular weight is 504 g/mol. The Morgan fingerprint density at radius 1 is 1.24 bits per heavy atom. The van der Waals surface area contributed by atoms with E-state index in [1.165, 1.54) is 24.3 Å². The summed E-state index contributed by atoms with van der Waals surface area (Å²) in [6, 6.07) is 2.62. The van der Waals surface area contributed by atoms with Crippen LogP contribution in [0.15, 0.2) is 24.3 Å². The molecule has 5 N–H and O–H groups in total. The van der Waals surface area contributed by atoms with E-state index in [0.717, 1.165) is 0 Å². The van der Waals surface area contributed by atoms with Crippen molar-refractivity contribution < 1.29 is 41.6 Å². The van der Waals surface area contributed by atoms with Crippen LogP contribution in [0, 0.1) is 17.7 Å². The molecule has 0 spiro atoms. The zero-order valence-electron chi connectivity index (χ0n) is 18.9. The van der Waals surface area contributed by atoms with Gasteiger partial charge in [-0.15, -0.1) is 0 Å². The maximum Gasteiger partial charge on any atom is 0.408 e. The van der Waals surface area contributed by atoms with Gasteiger partial charge in [0.1, 0.15) is 18.5 Å². The Labute approximate surface area is 197 Å². The van der Waals surface area contributed by atoms with Crippen molar-refractivity contribution in [1.82, 2.24) is 16.0 Å². The Morgan fingerprint density at radius 3 is 2.41 bits per heavy atom. The van der Waals surface area contributed by atoms with Crippen molar-refractivity contribution in [3.63, 3.8) is 0 Å². The normalized spacial score (nSPS) is 18.6. The van der Waals surface area contributed by atoms with E-state index >= 15 is 0 Å². The summed E-state index contributed by atoms with van der Waals surface area (Å²) in [5.74, 6) is -2.36. The molecule has 34 heavy (non-hydrogen) atoms. The predicted molar refractivity (Wildman–Crippen MR) is 118 cm³/mol. The number of carbonyl (C=O) groups excluding carboxylic acids is 3. The van der Waals surface area contributed by atoms with E-state index in [0.29, 0.717) is 18.5 Å². The van der Waals surface area contributed by atoms with Gasteiger partial charge in [0, 0.05) is 12.5 Å². The number of nitrogens with one attached hydrogen (secondary N) is 3. The lowest BCUT2D eigenvalue weighted by Gasteiger charge is -2.27. The van der Waals surface area contributed by atoms with E-state index < -0.39 is 51.4 Å². The Bertz CT molecular complexity index is 971. The number of ether oxygens (including phenoxy) is 1. The summed E-state index contributed by atoms with van der Waals surface area (Å²) in [6.45, 7) is 3.77. The van der Waals surface area contributed by atoms with Crippen molar-refractivity contribution in [2.45, 2.75) is 57.2 Å². The number of carbonyl (C=O) groups is 3. The van der Waals surface area contributed by atoms with Crippen LogP contribution < -0.4 is 16.0 Å². The van der Waals surface area contributed by atoms with E-state index in [9.17, 15) is 36.9 Å². The fraction of sp³-hybridized carbons (Fsp3) is 0.571. The lowest BCUT2D eigenvalue weighted by molar-refractivity contribution is -0.126. The van der Waals surface area contributed by atoms with Crippen LogP contribution in [0.25, 0.3) is 0 Å². The molecule has 190 valence electrons. The van der Waals surface area contributed by atoms with E-state index in [-0.39, 0.29) is 31.3 Å². The second kappa shape index (κ2) is 12.1. The van der Waals surface area contributed by atoms with Crippen LogP contribution in [-0.2, 0) is 31.1 Å². The molecule has 1 aliphatic heterocycles. The van der Waals surface area contributed by atoms with E-state index in [4.69, 9.17) is 4.74 Å². The number of amides is 3. The molecule has 1 aliphatic rings. The number of aliphatic hydroxyl groups excluding tert-OH is 1. The smallest absolute Gasteiger partial charge is 0.408 e. The van der Waals surface area contributed by atoms with Gasteiger partial charge in [0.15, 0.2) is 0 Å². The first kappa shape index (κ1) is 27.5. The zero-order chi connectivity index (χ0) is 25.5. The van der Waals surface area contributed by atoms with Gasteiger partial charge < -0.3 is 25.8 Å². The molecular weight excluding hydrogens is 473 g/mol. The molecule has 0 bridgehead atoms. The summed E-state index contributed by atoms with van der Waals surface area (Å²) in [5.41, 5.74) is -1.84. The molecule has 13 heteroatoms. The van der Waals surface area contributed by atoms with Crippen molar-refractivity contribution in [1.29, 1.82) is 0 Å². The van der Waals surface area contributed by atoms with Crippen molar-refractivity contribution in [2.75, 3.05) is 6.54 Å². The number of hydrogen-bond donors (Lipinski definition) is 5. The summed E-state index contributed by atoms with van der Waals surface area (Å²) in [5, 5.41) is 17.4. The van der Waals surface area contributed by atoms with Gasteiger partial charge in [-0.25, -0.2) is 9.18 Å². The van der Waals surface area contributed by atoms with Crippen LogP contribution in [-0.4, -0.2) is 60.0 Å². The third-order valence-electron chi connectivity index (χ3n) is 5.28. The SMILES string of the molecule is CC(C)CC(NC(=O)OCc1ccc(F)cc1)C(=O)NC(C[C@@H]1CCNC1=O)C(O)S(=O)(=O)O. The molecule has 3 unspecified atom stereocenters. The first-order valence-electron chi connectivity index (χ1n) is 10.8. The number of alkyl carbamates (subject to hydrolysis) is 1. The lowest BCUT2D eigenvalue weighted by atomic mass is 9.97. The maximum absolute atomic E-state index is 13.0. The third-order valence-corrected chi connectivity index (χ3v) is 6.22. The zero-order valence-corrected chi connectivity index (χ0v) is 19.7. The molecule has 3 amide bonds. The highest BCUT2D eigenvalue weighted by atomic mass is 32.2. The minimum Gasteiger partial charge on any atom is -0.445 e. The van der Waals surface area contributed by atoms with Gasteiger partial charge in [-0.2, -0.15) is 8.42 Å². The molecule has 0 aromatic heterocycles. The fourth-order valence-electron chi connectivity index (χ4n) is 3.53. The molecule has 1 aromatic rings. The number of hydrogen-bond acceptors (Lipinski definition) is 7. The first-order valence-corrected chi connectivity index (χ1v) is 12.3. The molecule has 11 nitrogen and oxygen atoms in total. The molecule has 4 atom stereocenters. The first-order chi connectivity index (χ1) is 15.9. The van der Waals surface area contributed by atoms with E-state index in [2.05, 4.69) is 16.0 Å². The average Bonchev–Trinajstić information content (AvgIpc) is 3.15. The second-order valence-corrected chi connectivity index (χ2v) is 10.1. The molecule has 0 aliphatic carbocycles. The molecule has 1 fully saturated rings. The number of halogens is 1. The highest BCUT2D eigenvalue weighted by molar-refractivity contribution is 7.86. The summed E-state index contributed by atoms with van der Waals surface area (Å²) in [6.07, 6.45) is -0.655. The molecule has 1 aromatic carbocycles. The summed E-state index contributed by atoms with van der Waals surface area (Å²) < 4.78 is 50.4. The van der Waals surface area contributed by atoms with Crippen LogP contribution >= 0.6 is 0 Å². The van der Waals surface area contributed by atoms with Crippen molar-refractivity contribution in [3.05, 3.63) is 35.6 Å². The molecule has 1 heterocycles. The van der Waals surface area contributed by atoms with E-state index in [1.54, 1.807) is 13.8 Å². The quantitative estimate of drug-likeness (QED) is 0.274. The van der Waals surface area contributed by atoms with Crippen molar-refractivity contribution in [2.24, 2.45) is 11.8 Å². The third kappa shape index (κ3) is 8.54. The van der Waals surface area contributed by atoms with Gasteiger partial charge in [0.2, 0.25) is 17.3 Å². The van der Waals surface area contributed by atoms with Crippen LogP contribution in [0.2, 0.25) is 0 Å². The Kier molecular flexibility index (Phi) is 9.77. The molecule has 2 rings (SSSR count). The fourth-order valence-corrected chi connectivity index (χ4v) is 4.12. The predicted octanol–water partition coefficient (Wildman–Crippen LogP) is 0.684. The Balaban J connectivity index is 2.07. The van der Waals surface area contributed by atoms with Gasteiger partial charge in [-0.3, -0.25) is 14.1 Å². The maximum atomic E-state index is 13.0. The summed E-state index contributed by atoms with van der Waals surface area (Å²) >= 11 is 0. The molecule has 0 radical (unpaired) electrons. The van der Waals surface area contributed by atoms with Gasteiger partial charge >= 0.3 is 6.09 Å². The monoisotopic (exact) mass is 503 g/mol. The number of aliphatic hydroxyl groups is 1. The van der Waals surface area contributed by atoms with Gasteiger partial charge in [-0.1, -0.05) is 26.0 Å². The van der Waals surface area contributed by atoms with Crippen LogP contribution in [0.3, 0.4) is 0 Å². The Morgan fingerprint density at radius 2 is 1.88 bits per heavy atom.